The zero-order valence-corrected chi connectivity index (χ0v) is 25.5. The lowest BCUT2D eigenvalue weighted by Gasteiger charge is -2.29. The molecule has 0 spiro atoms. The van der Waals surface area contributed by atoms with E-state index in [0.29, 0.717) is 17.7 Å². The van der Waals surface area contributed by atoms with Crippen molar-refractivity contribution in [3.05, 3.63) is 89.0 Å². The fourth-order valence-corrected chi connectivity index (χ4v) is 6.34. The summed E-state index contributed by atoms with van der Waals surface area (Å²) < 4.78 is 0. The van der Waals surface area contributed by atoms with Gasteiger partial charge in [-0.3, -0.25) is 4.79 Å². The molecule has 0 bridgehead atoms. The molecule has 0 aromatic heterocycles. The van der Waals surface area contributed by atoms with Crippen molar-refractivity contribution < 1.29 is 14.7 Å². The van der Waals surface area contributed by atoms with E-state index in [0.717, 1.165) is 41.3 Å². The summed E-state index contributed by atoms with van der Waals surface area (Å²) in [5.41, 5.74) is 6.99. The predicted octanol–water partition coefficient (Wildman–Crippen LogP) is 7.88. The quantitative estimate of drug-likeness (QED) is 0.218. The van der Waals surface area contributed by atoms with Gasteiger partial charge in [0.15, 0.2) is 0 Å². The molecule has 5 nitrogen and oxygen atoms in total. The van der Waals surface area contributed by atoms with Crippen LogP contribution >= 0.6 is 11.8 Å². The Morgan fingerprint density at radius 2 is 1.76 bits per heavy atom. The number of aryl methyl sites for hydroxylation is 2. The first-order valence-corrected chi connectivity index (χ1v) is 16.3. The van der Waals surface area contributed by atoms with Crippen LogP contribution in [0.5, 0.6) is 0 Å². The van der Waals surface area contributed by atoms with Gasteiger partial charge in [-0.2, -0.15) is 11.8 Å². The van der Waals surface area contributed by atoms with E-state index in [1.807, 2.05) is 49.6 Å². The summed E-state index contributed by atoms with van der Waals surface area (Å²) in [5, 5.41) is 12.5. The van der Waals surface area contributed by atoms with Crippen LogP contribution in [0.15, 0.2) is 66.7 Å². The number of rotatable bonds is 13. The first-order valence-electron chi connectivity index (χ1n) is 14.9. The molecule has 1 unspecified atom stereocenters. The van der Waals surface area contributed by atoms with E-state index in [4.69, 9.17) is 0 Å². The van der Waals surface area contributed by atoms with Crippen molar-refractivity contribution >= 4 is 29.3 Å². The molecule has 1 saturated carbocycles. The number of anilines is 1. The average Bonchev–Trinajstić information content (AvgIpc) is 2.98. The molecule has 6 heteroatoms. The highest BCUT2D eigenvalue weighted by Gasteiger charge is 2.23. The fraction of sp³-hybridized carbons (Fsp3) is 0.429. The maximum atomic E-state index is 13.5. The van der Waals surface area contributed by atoms with Crippen LogP contribution in [0.2, 0.25) is 0 Å². The van der Waals surface area contributed by atoms with Crippen molar-refractivity contribution in [2.75, 3.05) is 23.5 Å². The molecule has 3 aromatic rings. The minimum Gasteiger partial charge on any atom is -0.480 e. The zero-order valence-electron chi connectivity index (χ0n) is 24.7. The van der Waals surface area contributed by atoms with Crippen molar-refractivity contribution in [3.8, 4) is 11.1 Å². The summed E-state index contributed by atoms with van der Waals surface area (Å²) in [5.74, 6) is 0.0959. The number of carboxylic acids is 1. The first kappa shape index (κ1) is 30.7. The second kappa shape index (κ2) is 15.1. The zero-order chi connectivity index (χ0) is 29.2. The van der Waals surface area contributed by atoms with Crippen LogP contribution in [-0.2, 0) is 11.3 Å². The van der Waals surface area contributed by atoms with Gasteiger partial charge in [0.2, 0.25) is 0 Å². The van der Waals surface area contributed by atoms with E-state index < -0.39 is 12.0 Å². The largest absolute Gasteiger partial charge is 0.480 e. The molecule has 1 aliphatic rings. The number of carboxylic acid groups (broad SMARTS) is 1. The van der Waals surface area contributed by atoms with Gasteiger partial charge in [-0.05, 0) is 96.7 Å². The molecule has 1 aliphatic carbocycles. The standard InChI is InChI=1S/C35H44N2O3S/c1-25-10-9-14-29(22-25)37(20-18-27-12-5-4-6-13-27)24-28-16-17-31(32(23-28)30-15-8-7-11-26(30)2)34(38)36-33(35(39)40)19-21-41-3/h7-11,14-17,22-23,27,33H,4-6,12-13,18-21,24H2,1-3H3,(H,36,38)(H,39,40). The van der Waals surface area contributed by atoms with Gasteiger partial charge in [0.1, 0.15) is 6.04 Å². The minimum absolute atomic E-state index is 0.351. The van der Waals surface area contributed by atoms with Gasteiger partial charge in [0.25, 0.3) is 5.91 Å². The summed E-state index contributed by atoms with van der Waals surface area (Å²) in [6.45, 7) is 5.91. The number of thioether (sulfide) groups is 1. The van der Waals surface area contributed by atoms with Gasteiger partial charge in [-0.15, -0.1) is 0 Å². The number of hydrogen-bond donors (Lipinski definition) is 2. The number of carbonyl (C=O) groups excluding carboxylic acids is 1. The van der Waals surface area contributed by atoms with E-state index in [9.17, 15) is 14.7 Å². The third-order valence-electron chi connectivity index (χ3n) is 8.25. The van der Waals surface area contributed by atoms with Crippen molar-refractivity contribution in [1.82, 2.24) is 5.32 Å². The molecule has 4 rings (SSSR count). The lowest BCUT2D eigenvalue weighted by atomic mass is 9.87. The lowest BCUT2D eigenvalue weighted by molar-refractivity contribution is -0.139. The Balaban J connectivity index is 1.65. The maximum absolute atomic E-state index is 13.5. The first-order chi connectivity index (χ1) is 19.9. The van der Waals surface area contributed by atoms with Crippen LogP contribution in [-0.4, -0.2) is 41.6 Å². The summed E-state index contributed by atoms with van der Waals surface area (Å²) >= 11 is 1.57. The normalized spacial score (nSPS) is 14.4. The highest BCUT2D eigenvalue weighted by molar-refractivity contribution is 7.98. The summed E-state index contributed by atoms with van der Waals surface area (Å²) in [4.78, 5) is 27.8. The molecular formula is C35H44N2O3S. The number of nitrogens with one attached hydrogen (secondary N) is 1. The Hall–Kier alpha value is -3.25. The molecule has 0 heterocycles. The van der Waals surface area contributed by atoms with Gasteiger partial charge in [-0.1, -0.05) is 74.6 Å². The number of benzene rings is 3. The van der Waals surface area contributed by atoms with Gasteiger partial charge < -0.3 is 15.3 Å². The number of carbonyl (C=O) groups is 2. The number of amides is 1. The van der Waals surface area contributed by atoms with Crippen LogP contribution in [0.3, 0.4) is 0 Å². The molecule has 1 atom stereocenters. The van der Waals surface area contributed by atoms with E-state index in [1.165, 1.54) is 49.8 Å². The number of hydrogen-bond acceptors (Lipinski definition) is 4. The predicted molar refractivity (Wildman–Crippen MR) is 172 cm³/mol. The van der Waals surface area contributed by atoms with E-state index >= 15 is 0 Å². The Labute approximate surface area is 249 Å². The van der Waals surface area contributed by atoms with Crippen molar-refractivity contribution in [2.45, 2.75) is 71.4 Å². The monoisotopic (exact) mass is 572 g/mol. The van der Waals surface area contributed by atoms with Gasteiger partial charge in [0, 0.05) is 24.3 Å². The smallest absolute Gasteiger partial charge is 0.326 e. The Kier molecular flexibility index (Phi) is 11.3. The third-order valence-corrected chi connectivity index (χ3v) is 8.89. The molecule has 0 saturated heterocycles. The van der Waals surface area contributed by atoms with Gasteiger partial charge >= 0.3 is 5.97 Å². The topological polar surface area (TPSA) is 69.6 Å². The van der Waals surface area contributed by atoms with Crippen molar-refractivity contribution in [1.29, 1.82) is 0 Å². The number of aliphatic carboxylic acids is 1. The van der Waals surface area contributed by atoms with E-state index in [-0.39, 0.29) is 5.91 Å². The average molecular weight is 573 g/mol. The molecule has 1 amide bonds. The summed E-state index contributed by atoms with van der Waals surface area (Å²) in [6.07, 6.45) is 10.2. The summed E-state index contributed by atoms with van der Waals surface area (Å²) in [6, 6.07) is 21.9. The Bertz CT molecular complexity index is 1320. The van der Waals surface area contributed by atoms with Crippen LogP contribution in [0, 0.1) is 19.8 Å². The van der Waals surface area contributed by atoms with E-state index in [1.54, 1.807) is 11.8 Å². The van der Waals surface area contributed by atoms with Crippen LogP contribution < -0.4 is 10.2 Å². The lowest BCUT2D eigenvalue weighted by Crippen LogP contribution is -2.41. The second-order valence-electron chi connectivity index (χ2n) is 11.4. The van der Waals surface area contributed by atoms with Crippen molar-refractivity contribution in [2.24, 2.45) is 5.92 Å². The molecular weight excluding hydrogens is 528 g/mol. The molecule has 3 aromatic carbocycles. The fourth-order valence-electron chi connectivity index (χ4n) is 5.87. The van der Waals surface area contributed by atoms with Crippen LogP contribution in [0.4, 0.5) is 5.69 Å². The highest BCUT2D eigenvalue weighted by atomic mass is 32.2. The molecule has 41 heavy (non-hydrogen) atoms. The van der Waals surface area contributed by atoms with Crippen LogP contribution in [0.1, 0.15) is 72.0 Å². The molecule has 1 fully saturated rings. The minimum atomic E-state index is -1.01. The number of nitrogens with zero attached hydrogens (tertiary/aromatic N) is 1. The Morgan fingerprint density at radius 1 is 0.976 bits per heavy atom. The van der Waals surface area contributed by atoms with Gasteiger partial charge in [0.05, 0.1) is 0 Å². The van der Waals surface area contributed by atoms with Crippen molar-refractivity contribution in [3.63, 3.8) is 0 Å². The van der Waals surface area contributed by atoms with Gasteiger partial charge in [-0.25, -0.2) is 4.79 Å². The Morgan fingerprint density at radius 3 is 2.46 bits per heavy atom. The second-order valence-corrected chi connectivity index (χ2v) is 12.4. The molecule has 0 aliphatic heterocycles. The maximum Gasteiger partial charge on any atom is 0.326 e. The van der Waals surface area contributed by atoms with E-state index in [2.05, 4.69) is 47.5 Å². The molecule has 0 radical (unpaired) electrons. The highest BCUT2D eigenvalue weighted by Crippen LogP contribution is 2.31. The molecule has 2 N–H and O–H groups in total. The molecule has 218 valence electrons. The van der Waals surface area contributed by atoms with Crippen LogP contribution in [0.25, 0.3) is 11.1 Å². The SMILES string of the molecule is CSCCC(NC(=O)c1ccc(CN(CCC2CCCCC2)c2cccc(C)c2)cc1-c1ccccc1C)C(=O)O. The summed E-state index contributed by atoms with van der Waals surface area (Å²) in [7, 11) is 0. The third kappa shape index (κ3) is 8.62.